The zero-order chi connectivity index (χ0) is 13.5. The van der Waals surface area contributed by atoms with Crippen LogP contribution in [0.15, 0.2) is 36.7 Å². The van der Waals surface area contributed by atoms with Crippen LogP contribution in [0.2, 0.25) is 0 Å². The van der Waals surface area contributed by atoms with E-state index in [-0.39, 0.29) is 0 Å². The number of anilines is 1. The highest BCUT2D eigenvalue weighted by Crippen LogP contribution is 2.12. The van der Waals surface area contributed by atoms with Crippen molar-refractivity contribution < 1.29 is 9.47 Å². The lowest BCUT2D eigenvalue weighted by Gasteiger charge is -2.08. The van der Waals surface area contributed by atoms with Gasteiger partial charge < -0.3 is 19.4 Å². The van der Waals surface area contributed by atoms with Crippen LogP contribution in [0.5, 0.6) is 5.88 Å². The first-order chi connectivity index (χ1) is 9.29. The van der Waals surface area contributed by atoms with E-state index in [0.29, 0.717) is 19.1 Å². The molecular formula is C14H19N3O2. The van der Waals surface area contributed by atoms with Crippen LogP contribution in [0.4, 0.5) is 5.69 Å². The van der Waals surface area contributed by atoms with Crippen LogP contribution in [-0.2, 0) is 18.3 Å². The van der Waals surface area contributed by atoms with E-state index < -0.39 is 0 Å². The van der Waals surface area contributed by atoms with Crippen molar-refractivity contribution in [3.05, 3.63) is 42.4 Å². The Morgan fingerprint density at radius 2 is 2.16 bits per heavy atom. The predicted octanol–water partition coefficient (Wildman–Crippen LogP) is 2.06. The average molecular weight is 261 g/mol. The maximum Gasteiger partial charge on any atom is 0.213 e. The molecule has 2 aromatic rings. The van der Waals surface area contributed by atoms with Gasteiger partial charge in [0.05, 0.1) is 25.0 Å². The number of aromatic nitrogens is 2. The standard InChI is InChI=1S/C14H19N3O2/c1-17-7-3-4-13(17)11-15-12-5-6-14(16-10-12)19-9-8-18-2/h3-7,10,15H,8-9,11H2,1-2H3. The normalized spacial score (nSPS) is 10.4. The molecule has 0 bridgehead atoms. The van der Waals surface area contributed by atoms with Crippen LogP contribution >= 0.6 is 0 Å². The number of ether oxygens (including phenoxy) is 2. The SMILES string of the molecule is COCCOc1ccc(NCc2cccn2C)cn1. The summed E-state index contributed by atoms with van der Waals surface area (Å²) in [6, 6.07) is 7.92. The molecule has 0 radical (unpaired) electrons. The molecule has 2 aromatic heterocycles. The molecule has 0 fully saturated rings. The molecule has 0 aliphatic rings. The van der Waals surface area contributed by atoms with Gasteiger partial charge in [-0.1, -0.05) is 0 Å². The molecule has 5 heteroatoms. The predicted molar refractivity (Wildman–Crippen MR) is 74.3 cm³/mol. The highest BCUT2D eigenvalue weighted by Gasteiger charge is 1.99. The molecular weight excluding hydrogens is 242 g/mol. The second-order valence-electron chi connectivity index (χ2n) is 4.19. The first-order valence-electron chi connectivity index (χ1n) is 6.21. The third kappa shape index (κ3) is 3.99. The fourth-order valence-electron chi connectivity index (χ4n) is 1.67. The topological polar surface area (TPSA) is 48.3 Å². The highest BCUT2D eigenvalue weighted by molar-refractivity contribution is 5.42. The Balaban J connectivity index is 1.83. The minimum Gasteiger partial charge on any atom is -0.475 e. The van der Waals surface area contributed by atoms with Crippen LogP contribution in [-0.4, -0.2) is 29.9 Å². The minimum atomic E-state index is 0.514. The maximum atomic E-state index is 5.40. The molecule has 102 valence electrons. The van der Waals surface area contributed by atoms with E-state index >= 15 is 0 Å². The Kier molecular flexibility index (Phi) is 4.80. The van der Waals surface area contributed by atoms with E-state index in [1.165, 1.54) is 5.69 Å². The number of aryl methyl sites for hydroxylation is 1. The molecule has 2 heterocycles. The van der Waals surface area contributed by atoms with Crippen molar-refractivity contribution in [2.45, 2.75) is 6.54 Å². The van der Waals surface area contributed by atoms with Gasteiger partial charge in [-0.2, -0.15) is 0 Å². The Hall–Kier alpha value is -2.01. The second-order valence-corrected chi connectivity index (χ2v) is 4.19. The number of nitrogens with zero attached hydrogens (tertiary/aromatic N) is 2. The van der Waals surface area contributed by atoms with Crippen LogP contribution < -0.4 is 10.1 Å². The molecule has 0 amide bonds. The number of rotatable bonds is 7. The summed E-state index contributed by atoms with van der Waals surface area (Å²) in [7, 11) is 3.68. The van der Waals surface area contributed by atoms with Gasteiger partial charge in [0.2, 0.25) is 5.88 Å². The van der Waals surface area contributed by atoms with Crippen molar-refractivity contribution >= 4 is 5.69 Å². The van der Waals surface area contributed by atoms with Crippen LogP contribution in [0.3, 0.4) is 0 Å². The number of hydrogen-bond donors (Lipinski definition) is 1. The van der Waals surface area contributed by atoms with Crippen LogP contribution in [0.1, 0.15) is 5.69 Å². The van der Waals surface area contributed by atoms with Crippen molar-refractivity contribution in [1.82, 2.24) is 9.55 Å². The van der Waals surface area contributed by atoms with E-state index in [0.717, 1.165) is 12.2 Å². The van der Waals surface area contributed by atoms with Crippen molar-refractivity contribution in [2.75, 3.05) is 25.6 Å². The summed E-state index contributed by atoms with van der Waals surface area (Å²) >= 11 is 0. The van der Waals surface area contributed by atoms with E-state index in [1.54, 1.807) is 13.3 Å². The van der Waals surface area contributed by atoms with Crippen molar-refractivity contribution in [2.24, 2.45) is 7.05 Å². The van der Waals surface area contributed by atoms with Gasteiger partial charge in [0, 0.05) is 32.1 Å². The van der Waals surface area contributed by atoms with Gasteiger partial charge in [-0.3, -0.25) is 0 Å². The van der Waals surface area contributed by atoms with E-state index in [2.05, 4.69) is 20.9 Å². The summed E-state index contributed by atoms with van der Waals surface area (Å²) < 4.78 is 12.4. The summed E-state index contributed by atoms with van der Waals surface area (Å²) in [6.45, 7) is 1.85. The Bertz CT molecular complexity index is 494. The summed E-state index contributed by atoms with van der Waals surface area (Å²) in [6.07, 6.45) is 3.80. The summed E-state index contributed by atoms with van der Waals surface area (Å²) in [5.74, 6) is 0.612. The molecule has 0 aromatic carbocycles. The number of methoxy groups -OCH3 is 1. The first-order valence-corrected chi connectivity index (χ1v) is 6.21. The highest BCUT2D eigenvalue weighted by atomic mass is 16.5. The molecule has 19 heavy (non-hydrogen) atoms. The first kappa shape index (κ1) is 13.4. The largest absolute Gasteiger partial charge is 0.475 e. The van der Waals surface area contributed by atoms with E-state index in [9.17, 15) is 0 Å². The third-order valence-corrected chi connectivity index (χ3v) is 2.80. The quantitative estimate of drug-likeness (QED) is 0.775. The van der Waals surface area contributed by atoms with Gasteiger partial charge in [-0.25, -0.2) is 4.98 Å². The molecule has 5 nitrogen and oxygen atoms in total. The van der Waals surface area contributed by atoms with E-state index in [1.807, 2.05) is 31.4 Å². The molecule has 0 saturated carbocycles. The van der Waals surface area contributed by atoms with E-state index in [4.69, 9.17) is 9.47 Å². The molecule has 0 aliphatic carbocycles. The smallest absolute Gasteiger partial charge is 0.213 e. The molecule has 1 N–H and O–H groups in total. The Morgan fingerprint density at radius 1 is 1.26 bits per heavy atom. The van der Waals surface area contributed by atoms with Gasteiger partial charge in [0.25, 0.3) is 0 Å². The van der Waals surface area contributed by atoms with Crippen molar-refractivity contribution in [1.29, 1.82) is 0 Å². The molecule has 0 unspecified atom stereocenters. The summed E-state index contributed by atoms with van der Waals surface area (Å²) in [5.41, 5.74) is 2.20. The van der Waals surface area contributed by atoms with Gasteiger partial charge >= 0.3 is 0 Å². The zero-order valence-corrected chi connectivity index (χ0v) is 11.3. The third-order valence-electron chi connectivity index (χ3n) is 2.80. The van der Waals surface area contributed by atoms with Gasteiger partial charge in [0.1, 0.15) is 6.61 Å². The van der Waals surface area contributed by atoms with Crippen LogP contribution in [0, 0.1) is 0 Å². The van der Waals surface area contributed by atoms with Gasteiger partial charge in [-0.15, -0.1) is 0 Å². The molecule has 2 rings (SSSR count). The molecule has 0 atom stereocenters. The average Bonchev–Trinajstić information content (AvgIpc) is 2.84. The monoisotopic (exact) mass is 261 g/mol. The lowest BCUT2D eigenvalue weighted by atomic mass is 10.3. The van der Waals surface area contributed by atoms with Crippen LogP contribution in [0.25, 0.3) is 0 Å². The molecule has 0 saturated heterocycles. The summed E-state index contributed by atoms with van der Waals surface area (Å²) in [5, 5.41) is 3.32. The van der Waals surface area contributed by atoms with Crippen molar-refractivity contribution in [3.8, 4) is 5.88 Å². The number of nitrogens with one attached hydrogen (secondary N) is 1. The van der Waals surface area contributed by atoms with Gasteiger partial charge in [-0.05, 0) is 18.2 Å². The lowest BCUT2D eigenvalue weighted by molar-refractivity contribution is 0.144. The maximum absolute atomic E-state index is 5.40. The fraction of sp³-hybridized carbons (Fsp3) is 0.357. The Labute approximate surface area is 113 Å². The molecule has 0 spiro atoms. The number of pyridine rings is 1. The molecule has 0 aliphatic heterocycles. The zero-order valence-electron chi connectivity index (χ0n) is 11.3. The summed E-state index contributed by atoms with van der Waals surface area (Å²) in [4.78, 5) is 4.23. The second kappa shape index (κ2) is 6.80. The van der Waals surface area contributed by atoms with Gasteiger partial charge in [0.15, 0.2) is 0 Å². The minimum absolute atomic E-state index is 0.514. The number of hydrogen-bond acceptors (Lipinski definition) is 4. The lowest BCUT2D eigenvalue weighted by Crippen LogP contribution is -2.06. The Morgan fingerprint density at radius 3 is 2.79 bits per heavy atom. The van der Waals surface area contributed by atoms with Crippen molar-refractivity contribution in [3.63, 3.8) is 0 Å². The fourth-order valence-corrected chi connectivity index (χ4v) is 1.67.